The van der Waals surface area contributed by atoms with Crippen LogP contribution in [-0.4, -0.2) is 0 Å². The third-order valence-corrected chi connectivity index (χ3v) is 1.93. The second-order valence-corrected chi connectivity index (χ2v) is 2.98. The Balaban J connectivity index is 3.14. The van der Waals surface area contributed by atoms with Crippen molar-refractivity contribution in [3.63, 3.8) is 0 Å². The molecule has 0 nitrogen and oxygen atoms in total. The molecule has 0 saturated heterocycles. The van der Waals surface area contributed by atoms with Gasteiger partial charge in [0.25, 0.3) is 0 Å². The van der Waals surface area contributed by atoms with Crippen LogP contribution in [0.2, 0.25) is 5.02 Å². The Bertz CT molecular complexity index is 284. The van der Waals surface area contributed by atoms with Crippen LogP contribution in [0.4, 0.5) is 8.78 Å². The molecule has 0 aliphatic heterocycles. The fourth-order valence-electron chi connectivity index (χ4n) is 1.05. The zero-order chi connectivity index (χ0) is 9.14. The largest absolute Gasteiger partial charge is 0.207 e. The minimum atomic E-state index is -0.626. The molecule has 12 heavy (non-hydrogen) atoms. The van der Waals surface area contributed by atoms with Crippen LogP contribution >= 0.6 is 11.6 Å². The molecule has 0 fully saturated rings. The monoisotopic (exact) mass is 190 g/mol. The molecule has 0 heterocycles. The van der Waals surface area contributed by atoms with Crippen molar-refractivity contribution >= 4 is 11.6 Å². The van der Waals surface area contributed by atoms with Crippen LogP contribution in [0.3, 0.4) is 0 Å². The highest BCUT2D eigenvalue weighted by Crippen LogP contribution is 2.21. The van der Waals surface area contributed by atoms with Gasteiger partial charge in [-0.3, -0.25) is 0 Å². The van der Waals surface area contributed by atoms with Gasteiger partial charge in [0.2, 0.25) is 0 Å². The number of benzene rings is 1. The van der Waals surface area contributed by atoms with E-state index >= 15 is 0 Å². The lowest BCUT2D eigenvalue weighted by Crippen LogP contribution is -1.95. The first-order valence-electron chi connectivity index (χ1n) is 3.79. The highest BCUT2D eigenvalue weighted by Gasteiger charge is 2.10. The molecule has 0 atom stereocenters. The lowest BCUT2D eigenvalue weighted by molar-refractivity contribution is 0.553. The van der Waals surface area contributed by atoms with E-state index < -0.39 is 11.6 Å². The van der Waals surface area contributed by atoms with Gasteiger partial charge in [-0.25, -0.2) is 8.78 Å². The zero-order valence-electron chi connectivity index (χ0n) is 6.70. The van der Waals surface area contributed by atoms with Crippen molar-refractivity contribution in [3.8, 4) is 0 Å². The van der Waals surface area contributed by atoms with Crippen molar-refractivity contribution in [2.75, 3.05) is 0 Å². The molecular formula is C9H9ClF2. The minimum absolute atomic E-state index is 0.0140. The predicted octanol–water partition coefficient (Wildman–Crippen LogP) is 3.57. The van der Waals surface area contributed by atoms with Crippen molar-refractivity contribution in [2.24, 2.45) is 0 Å². The molecule has 0 bridgehead atoms. The van der Waals surface area contributed by atoms with Crippen LogP contribution < -0.4 is 0 Å². The van der Waals surface area contributed by atoms with Crippen molar-refractivity contribution in [2.45, 2.75) is 19.8 Å². The minimum Gasteiger partial charge on any atom is -0.207 e. The van der Waals surface area contributed by atoms with Crippen molar-refractivity contribution < 1.29 is 8.78 Å². The number of halogens is 3. The fourth-order valence-corrected chi connectivity index (χ4v) is 1.23. The molecule has 0 spiro atoms. The normalized spacial score (nSPS) is 10.3. The van der Waals surface area contributed by atoms with E-state index in [1.165, 1.54) is 12.1 Å². The van der Waals surface area contributed by atoms with E-state index in [0.29, 0.717) is 12.8 Å². The summed E-state index contributed by atoms with van der Waals surface area (Å²) < 4.78 is 26.0. The molecule has 1 rings (SSSR count). The Kier molecular flexibility index (Phi) is 3.04. The van der Waals surface area contributed by atoms with E-state index in [1.807, 2.05) is 6.92 Å². The van der Waals surface area contributed by atoms with Gasteiger partial charge in [-0.05, 0) is 18.6 Å². The standard InChI is InChI=1S/C9H9ClF2/c1-2-3-6-8(11)5-4-7(10)9(6)12/h4-5H,2-3H2,1H3. The van der Waals surface area contributed by atoms with Crippen molar-refractivity contribution in [1.82, 2.24) is 0 Å². The maximum Gasteiger partial charge on any atom is 0.147 e. The summed E-state index contributed by atoms with van der Waals surface area (Å²) in [6.07, 6.45) is 1.09. The second-order valence-electron chi connectivity index (χ2n) is 2.57. The summed E-state index contributed by atoms with van der Waals surface area (Å²) in [6, 6.07) is 2.42. The van der Waals surface area contributed by atoms with E-state index in [0.717, 1.165) is 0 Å². The van der Waals surface area contributed by atoms with Crippen molar-refractivity contribution in [1.29, 1.82) is 0 Å². The van der Waals surface area contributed by atoms with Gasteiger partial charge in [0.1, 0.15) is 11.6 Å². The van der Waals surface area contributed by atoms with Crippen LogP contribution in [0.15, 0.2) is 12.1 Å². The Morgan fingerprint density at radius 1 is 1.33 bits per heavy atom. The van der Waals surface area contributed by atoms with E-state index in [4.69, 9.17) is 11.6 Å². The van der Waals surface area contributed by atoms with Crippen LogP contribution in [-0.2, 0) is 6.42 Å². The maximum atomic E-state index is 13.1. The average Bonchev–Trinajstić information content (AvgIpc) is 2.06. The molecule has 0 saturated carbocycles. The first-order valence-corrected chi connectivity index (χ1v) is 4.17. The molecular weight excluding hydrogens is 182 g/mol. The summed E-state index contributed by atoms with van der Waals surface area (Å²) in [5, 5.41) is -0.0140. The first kappa shape index (κ1) is 9.46. The lowest BCUT2D eigenvalue weighted by Gasteiger charge is -2.03. The highest BCUT2D eigenvalue weighted by atomic mass is 35.5. The molecule has 66 valence electrons. The Morgan fingerprint density at radius 3 is 2.58 bits per heavy atom. The lowest BCUT2D eigenvalue weighted by atomic mass is 10.1. The van der Waals surface area contributed by atoms with Gasteiger partial charge >= 0.3 is 0 Å². The summed E-state index contributed by atoms with van der Waals surface area (Å²) in [7, 11) is 0. The fraction of sp³-hybridized carbons (Fsp3) is 0.333. The van der Waals surface area contributed by atoms with E-state index in [-0.39, 0.29) is 10.6 Å². The number of hydrogen-bond acceptors (Lipinski definition) is 0. The van der Waals surface area contributed by atoms with Gasteiger partial charge in [-0.2, -0.15) is 0 Å². The maximum absolute atomic E-state index is 13.1. The van der Waals surface area contributed by atoms with Gasteiger partial charge in [0.15, 0.2) is 0 Å². The summed E-state index contributed by atoms with van der Waals surface area (Å²) in [4.78, 5) is 0. The van der Waals surface area contributed by atoms with Crippen molar-refractivity contribution in [3.05, 3.63) is 34.4 Å². The van der Waals surface area contributed by atoms with E-state index in [1.54, 1.807) is 0 Å². The van der Waals surface area contributed by atoms with E-state index in [2.05, 4.69) is 0 Å². The Hall–Kier alpha value is -0.630. The molecule has 0 aromatic heterocycles. The van der Waals surface area contributed by atoms with Gasteiger partial charge < -0.3 is 0 Å². The average molecular weight is 191 g/mol. The molecule has 0 unspecified atom stereocenters. The third kappa shape index (κ3) is 1.75. The summed E-state index contributed by atoms with van der Waals surface area (Å²) in [6.45, 7) is 1.86. The quantitative estimate of drug-likeness (QED) is 0.626. The summed E-state index contributed by atoms with van der Waals surface area (Å²) in [5.41, 5.74) is 0.0880. The molecule has 3 heteroatoms. The van der Waals surface area contributed by atoms with Gasteiger partial charge in [-0.15, -0.1) is 0 Å². The molecule has 0 aliphatic rings. The molecule has 0 amide bonds. The summed E-state index contributed by atoms with van der Waals surface area (Å²) >= 11 is 5.48. The molecule has 1 aromatic carbocycles. The Labute approximate surface area is 75.2 Å². The second kappa shape index (κ2) is 3.85. The van der Waals surface area contributed by atoms with E-state index in [9.17, 15) is 8.78 Å². The van der Waals surface area contributed by atoms with Crippen LogP contribution in [0.5, 0.6) is 0 Å². The molecule has 0 aliphatic carbocycles. The SMILES string of the molecule is CCCc1c(F)ccc(Cl)c1F. The molecule has 1 aromatic rings. The van der Waals surface area contributed by atoms with Crippen LogP contribution in [0.25, 0.3) is 0 Å². The van der Waals surface area contributed by atoms with Crippen LogP contribution in [0.1, 0.15) is 18.9 Å². The zero-order valence-corrected chi connectivity index (χ0v) is 7.46. The molecule has 0 radical (unpaired) electrons. The van der Waals surface area contributed by atoms with Crippen LogP contribution in [0, 0.1) is 11.6 Å². The van der Waals surface area contributed by atoms with Gasteiger partial charge in [0, 0.05) is 5.56 Å². The topological polar surface area (TPSA) is 0 Å². The number of hydrogen-bond donors (Lipinski definition) is 0. The highest BCUT2D eigenvalue weighted by molar-refractivity contribution is 6.30. The summed E-state index contributed by atoms with van der Waals surface area (Å²) in [5.74, 6) is -1.14. The Morgan fingerprint density at radius 2 is 2.00 bits per heavy atom. The van der Waals surface area contributed by atoms with Gasteiger partial charge in [0.05, 0.1) is 5.02 Å². The molecule has 0 N–H and O–H groups in total. The number of rotatable bonds is 2. The third-order valence-electron chi connectivity index (χ3n) is 1.64. The smallest absolute Gasteiger partial charge is 0.147 e. The first-order chi connectivity index (χ1) is 5.66. The predicted molar refractivity (Wildman–Crippen MR) is 45.4 cm³/mol. The van der Waals surface area contributed by atoms with Gasteiger partial charge in [-0.1, -0.05) is 24.9 Å².